The number of hydrogen-bond acceptors (Lipinski definition) is 2. The number of aliphatic hydroxyl groups is 1. The highest BCUT2D eigenvalue weighted by molar-refractivity contribution is 5.87. The molecule has 0 aliphatic carbocycles. The molecule has 0 aromatic rings. The van der Waals surface area contributed by atoms with Gasteiger partial charge >= 0.3 is 0 Å². The summed E-state index contributed by atoms with van der Waals surface area (Å²) in [7, 11) is 0. The minimum absolute atomic E-state index is 0.0261. The molecule has 0 aliphatic rings. The van der Waals surface area contributed by atoms with E-state index in [-0.39, 0.29) is 17.7 Å². The molecule has 0 heterocycles. The standard InChI is InChI=1S/C7H13NO2/c1-5(2)8-7(10)4-6(3)9/h4-5,9H,1-3H3,(H,8,10). The predicted octanol–water partition coefficient (Wildman–Crippen LogP) is 0.973. The SMILES string of the molecule is CC(O)=CC(=O)NC(C)C. The molecule has 2 N–H and O–H groups in total. The summed E-state index contributed by atoms with van der Waals surface area (Å²) in [5, 5.41) is 11.2. The molecule has 0 aromatic heterocycles. The van der Waals surface area contributed by atoms with Crippen LogP contribution in [-0.2, 0) is 4.79 Å². The maximum absolute atomic E-state index is 10.7. The van der Waals surface area contributed by atoms with Crippen LogP contribution >= 0.6 is 0 Å². The van der Waals surface area contributed by atoms with E-state index in [0.29, 0.717) is 0 Å². The highest BCUT2D eigenvalue weighted by atomic mass is 16.3. The van der Waals surface area contributed by atoms with Crippen molar-refractivity contribution in [2.45, 2.75) is 26.8 Å². The predicted molar refractivity (Wildman–Crippen MR) is 39.7 cm³/mol. The van der Waals surface area contributed by atoms with Gasteiger partial charge < -0.3 is 10.4 Å². The lowest BCUT2D eigenvalue weighted by Crippen LogP contribution is -2.28. The van der Waals surface area contributed by atoms with Crippen LogP contribution in [0.1, 0.15) is 20.8 Å². The van der Waals surface area contributed by atoms with E-state index in [4.69, 9.17) is 5.11 Å². The van der Waals surface area contributed by atoms with Gasteiger partial charge in [-0.05, 0) is 20.8 Å². The number of hydrogen-bond donors (Lipinski definition) is 2. The van der Waals surface area contributed by atoms with Crippen molar-refractivity contribution in [3.05, 3.63) is 11.8 Å². The second-order valence-corrected chi connectivity index (χ2v) is 2.45. The summed E-state index contributed by atoms with van der Waals surface area (Å²) < 4.78 is 0. The third-order valence-corrected chi connectivity index (χ3v) is 0.771. The van der Waals surface area contributed by atoms with Gasteiger partial charge in [0.2, 0.25) is 5.91 Å². The first kappa shape index (κ1) is 9.01. The molecule has 0 rings (SSSR count). The Morgan fingerprint density at radius 1 is 1.60 bits per heavy atom. The summed E-state index contributed by atoms with van der Waals surface area (Å²) in [4.78, 5) is 10.7. The Balaban J connectivity index is 3.76. The van der Waals surface area contributed by atoms with E-state index in [1.165, 1.54) is 6.92 Å². The minimum atomic E-state index is -0.255. The average Bonchev–Trinajstić information content (AvgIpc) is 1.58. The number of allylic oxidation sites excluding steroid dienone is 1. The molecule has 0 atom stereocenters. The maximum atomic E-state index is 10.7. The molecule has 10 heavy (non-hydrogen) atoms. The molecule has 0 radical (unpaired) electrons. The number of amides is 1. The normalized spacial score (nSPS) is 11.8. The lowest BCUT2D eigenvalue weighted by molar-refractivity contribution is -0.117. The maximum Gasteiger partial charge on any atom is 0.247 e. The molecule has 58 valence electrons. The van der Waals surface area contributed by atoms with Gasteiger partial charge in [-0.2, -0.15) is 0 Å². The molecule has 3 heteroatoms. The molecule has 0 fully saturated rings. The van der Waals surface area contributed by atoms with Crippen molar-refractivity contribution in [3.8, 4) is 0 Å². The van der Waals surface area contributed by atoms with E-state index in [2.05, 4.69) is 5.32 Å². The summed E-state index contributed by atoms with van der Waals surface area (Å²) in [5.41, 5.74) is 0. The summed E-state index contributed by atoms with van der Waals surface area (Å²) in [6.07, 6.45) is 1.15. The summed E-state index contributed by atoms with van der Waals surface area (Å²) in [5.74, 6) is -0.229. The number of carbonyl (C=O) groups is 1. The average molecular weight is 143 g/mol. The molecular weight excluding hydrogens is 130 g/mol. The quantitative estimate of drug-likeness (QED) is 0.447. The molecule has 0 saturated heterocycles. The Morgan fingerprint density at radius 3 is 2.40 bits per heavy atom. The highest BCUT2D eigenvalue weighted by Gasteiger charge is 1.97. The molecule has 0 aromatic carbocycles. The van der Waals surface area contributed by atoms with Gasteiger partial charge in [-0.25, -0.2) is 0 Å². The molecule has 0 unspecified atom stereocenters. The Bertz CT molecular complexity index is 146. The van der Waals surface area contributed by atoms with Gasteiger partial charge in [0.1, 0.15) is 0 Å². The zero-order valence-corrected chi connectivity index (χ0v) is 6.51. The van der Waals surface area contributed by atoms with Crippen molar-refractivity contribution < 1.29 is 9.90 Å². The second-order valence-electron chi connectivity index (χ2n) is 2.45. The fourth-order valence-corrected chi connectivity index (χ4v) is 0.516. The monoisotopic (exact) mass is 143 g/mol. The van der Waals surface area contributed by atoms with Gasteiger partial charge in [0.05, 0.1) is 5.76 Å². The van der Waals surface area contributed by atoms with Gasteiger partial charge in [0.15, 0.2) is 0 Å². The van der Waals surface area contributed by atoms with Crippen LogP contribution in [0, 0.1) is 0 Å². The lowest BCUT2D eigenvalue weighted by atomic mass is 10.3. The number of rotatable bonds is 2. The summed E-state index contributed by atoms with van der Waals surface area (Å²) in [6.45, 7) is 5.18. The van der Waals surface area contributed by atoms with Crippen LogP contribution < -0.4 is 5.32 Å². The van der Waals surface area contributed by atoms with Gasteiger partial charge in [0.25, 0.3) is 0 Å². The van der Waals surface area contributed by atoms with Crippen molar-refractivity contribution in [1.82, 2.24) is 5.32 Å². The van der Waals surface area contributed by atoms with Crippen molar-refractivity contribution >= 4 is 5.91 Å². The molecular formula is C7H13NO2. The van der Waals surface area contributed by atoms with Crippen LogP contribution in [-0.4, -0.2) is 17.1 Å². The third-order valence-electron chi connectivity index (χ3n) is 0.771. The van der Waals surface area contributed by atoms with E-state index in [0.717, 1.165) is 6.08 Å². The van der Waals surface area contributed by atoms with Crippen LogP contribution in [0.3, 0.4) is 0 Å². The minimum Gasteiger partial charge on any atom is -0.512 e. The van der Waals surface area contributed by atoms with Crippen molar-refractivity contribution in [2.24, 2.45) is 0 Å². The van der Waals surface area contributed by atoms with Crippen LogP contribution in [0.4, 0.5) is 0 Å². The van der Waals surface area contributed by atoms with Gasteiger partial charge in [0, 0.05) is 12.1 Å². The fourth-order valence-electron chi connectivity index (χ4n) is 0.516. The molecule has 0 aliphatic heterocycles. The molecule has 0 spiro atoms. The van der Waals surface area contributed by atoms with Gasteiger partial charge in [-0.15, -0.1) is 0 Å². The summed E-state index contributed by atoms with van der Waals surface area (Å²) in [6, 6.07) is 0.114. The second kappa shape index (κ2) is 3.93. The first-order valence-corrected chi connectivity index (χ1v) is 3.20. The first-order valence-electron chi connectivity index (χ1n) is 3.20. The number of carbonyl (C=O) groups excluding carboxylic acids is 1. The summed E-state index contributed by atoms with van der Waals surface area (Å²) >= 11 is 0. The van der Waals surface area contributed by atoms with Crippen LogP contribution in [0.15, 0.2) is 11.8 Å². The van der Waals surface area contributed by atoms with E-state index in [1.807, 2.05) is 13.8 Å². The first-order chi connectivity index (χ1) is 4.52. The molecule has 1 amide bonds. The Labute approximate surface area is 60.7 Å². The smallest absolute Gasteiger partial charge is 0.247 e. The third kappa shape index (κ3) is 5.15. The fraction of sp³-hybridized carbons (Fsp3) is 0.571. The van der Waals surface area contributed by atoms with Crippen molar-refractivity contribution in [2.75, 3.05) is 0 Å². The number of aliphatic hydroxyl groups excluding tert-OH is 1. The molecule has 0 saturated carbocycles. The van der Waals surface area contributed by atoms with Crippen LogP contribution in [0.5, 0.6) is 0 Å². The molecule has 0 bridgehead atoms. The van der Waals surface area contributed by atoms with Gasteiger partial charge in [-0.3, -0.25) is 4.79 Å². The highest BCUT2D eigenvalue weighted by Crippen LogP contribution is 1.84. The molecule has 3 nitrogen and oxygen atoms in total. The van der Waals surface area contributed by atoms with Gasteiger partial charge in [-0.1, -0.05) is 0 Å². The Morgan fingerprint density at radius 2 is 2.10 bits per heavy atom. The van der Waals surface area contributed by atoms with Crippen LogP contribution in [0.2, 0.25) is 0 Å². The topological polar surface area (TPSA) is 49.3 Å². The Hall–Kier alpha value is -0.990. The van der Waals surface area contributed by atoms with E-state index in [9.17, 15) is 4.79 Å². The zero-order valence-electron chi connectivity index (χ0n) is 6.51. The van der Waals surface area contributed by atoms with E-state index >= 15 is 0 Å². The van der Waals surface area contributed by atoms with E-state index < -0.39 is 0 Å². The van der Waals surface area contributed by atoms with Crippen molar-refractivity contribution in [3.63, 3.8) is 0 Å². The lowest BCUT2D eigenvalue weighted by Gasteiger charge is -2.03. The number of nitrogens with one attached hydrogen (secondary N) is 1. The zero-order chi connectivity index (χ0) is 8.15. The van der Waals surface area contributed by atoms with Crippen LogP contribution in [0.25, 0.3) is 0 Å². The Kier molecular flexibility index (Phi) is 3.54. The largest absolute Gasteiger partial charge is 0.512 e. The van der Waals surface area contributed by atoms with Crippen molar-refractivity contribution in [1.29, 1.82) is 0 Å². The van der Waals surface area contributed by atoms with E-state index in [1.54, 1.807) is 0 Å².